The maximum atomic E-state index is 12.3. The largest absolute Gasteiger partial charge is 0.454 e. The number of hydrogen-bond donors (Lipinski definition) is 0. The normalized spacial score (nSPS) is 17.1. The van der Waals surface area contributed by atoms with Crippen LogP contribution in [0.3, 0.4) is 0 Å². The molecule has 0 aliphatic carbocycles. The van der Waals surface area contributed by atoms with Gasteiger partial charge in [0.1, 0.15) is 0 Å². The molecule has 118 valence electrons. The number of nitrogens with zero attached hydrogens (tertiary/aromatic N) is 1. The second kappa shape index (κ2) is 5.95. The Hall–Kier alpha value is -2.49. The summed E-state index contributed by atoms with van der Waals surface area (Å²) in [4.78, 5) is 14.2. The van der Waals surface area contributed by atoms with Gasteiger partial charge < -0.3 is 14.4 Å². The van der Waals surface area contributed by atoms with Crippen molar-refractivity contribution in [3.8, 4) is 11.5 Å². The SMILES string of the molecule is O=C(/C=C/c1cccc2cc3c(cc12)OCO3)N1CCCCC1. The lowest BCUT2D eigenvalue weighted by Gasteiger charge is -2.25. The molecule has 0 atom stereocenters. The molecule has 2 aliphatic heterocycles. The highest BCUT2D eigenvalue weighted by atomic mass is 16.7. The van der Waals surface area contributed by atoms with Crippen LogP contribution in [0.1, 0.15) is 24.8 Å². The Morgan fingerprint density at radius 1 is 1.04 bits per heavy atom. The second-order valence-electron chi connectivity index (χ2n) is 5.99. The van der Waals surface area contributed by atoms with Crippen molar-refractivity contribution in [2.45, 2.75) is 19.3 Å². The van der Waals surface area contributed by atoms with Crippen LogP contribution in [-0.2, 0) is 4.79 Å². The first-order chi connectivity index (χ1) is 11.3. The summed E-state index contributed by atoms with van der Waals surface area (Å²) in [7, 11) is 0. The van der Waals surface area contributed by atoms with Crippen molar-refractivity contribution >= 4 is 22.8 Å². The second-order valence-corrected chi connectivity index (χ2v) is 5.99. The van der Waals surface area contributed by atoms with Gasteiger partial charge in [-0.25, -0.2) is 0 Å². The van der Waals surface area contributed by atoms with Crippen molar-refractivity contribution in [3.63, 3.8) is 0 Å². The Kier molecular flexibility index (Phi) is 3.66. The molecule has 23 heavy (non-hydrogen) atoms. The zero-order valence-electron chi connectivity index (χ0n) is 13.0. The topological polar surface area (TPSA) is 38.8 Å². The molecule has 2 heterocycles. The van der Waals surface area contributed by atoms with E-state index < -0.39 is 0 Å². The third-order valence-corrected chi connectivity index (χ3v) is 4.48. The summed E-state index contributed by atoms with van der Waals surface area (Å²) in [5, 5.41) is 2.15. The number of carbonyl (C=O) groups is 1. The fourth-order valence-electron chi connectivity index (χ4n) is 3.22. The van der Waals surface area contributed by atoms with Crippen molar-refractivity contribution in [1.82, 2.24) is 4.90 Å². The van der Waals surface area contributed by atoms with Crippen LogP contribution < -0.4 is 9.47 Å². The van der Waals surface area contributed by atoms with Gasteiger partial charge in [-0.2, -0.15) is 0 Å². The van der Waals surface area contributed by atoms with Gasteiger partial charge in [-0.05, 0) is 53.8 Å². The molecular formula is C19H19NO3. The number of hydrogen-bond acceptors (Lipinski definition) is 3. The Balaban J connectivity index is 1.63. The zero-order chi connectivity index (χ0) is 15.6. The van der Waals surface area contributed by atoms with E-state index in [4.69, 9.17) is 9.47 Å². The monoisotopic (exact) mass is 309 g/mol. The maximum Gasteiger partial charge on any atom is 0.246 e. The summed E-state index contributed by atoms with van der Waals surface area (Å²) in [5.41, 5.74) is 1.02. The molecule has 4 heteroatoms. The molecule has 0 saturated carbocycles. The van der Waals surface area contributed by atoms with Gasteiger partial charge in [-0.1, -0.05) is 18.2 Å². The summed E-state index contributed by atoms with van der Waals surface area (Å²) in [5.74, 6) is 1.64. The molecule has 0 radical (unpaired) electrons. The number of fused-ring (bicyclic) bond motifs is 2. The van der Waals surface area contributed by atoms with E-state index in [0.29, 0.717) is 0 Å². The molecule has 0 N–H and O–H groups in total. The summed E-state index contributed by atoms with van der Waals surface area (Å²) >= 11 is 0. The van der Waals surface area contributed by atoms with E-state index in [0.717, 1.165) is 53.8 Å². The minimum absolute atomic E-state index is 0.0995. The van der Waals surface area contributed by atoms with Crippen molar-refractivity contribution < 1.29 is 14.3 Å². The quantitative estimate of drug-likeness (QED) is 0.796. The van der Waals surface area contributed by atoms with Gasteiger partial charge in [0.15, 0.2) is 11.5 Å². The van der Waals surface area contributed by atoms with Crippen LogP contribution >= 0.6 is 0 Å². The van der Waals surface area contributed by atoms with Crippen LogP contribution in [0.4, 0.5) is 0 Å². The number of likely N-dealkylation sites (tertiary alicyclic amines) is 1. The maximum absolute atomic E-state index is 12.3. The molecule has 2 aliphatic rings. The lowest BCUT2D eigenvalue weighted by molar-refractivity contribution is -0.126. The highest BCUT2D eigenvalue weighted by Gasteiger charge is 2.16. The van der Waals surface area contributed by atoms with Gasteiger partial charge >= 0.3 is 0 Å². The molecule has 1 saturated heterocycles. The van der Waals surface area contributed by atoms with Crippen molar-refractivity contribution in [2.75, 3.05) is 19.9 Å². The van der Waals surface area contributed by atoms with Gasteiger partial charge in [0.25, 0.3) is 0 Å². The Labute approximate surface area is 135 Å². The fourth-order valence-corrected chi connectivity index (χ4v) is 3.22. The van der Waals surface area contributed by atoms with Gasteiger partial charge in [0.05, 0.1) is 0 Å². The average Bonchev–Trinajstić information content (AvgIpc) is 3.05. The van der Waals surface area contributed by atoms with Crippen LogP contribution in [0.25, 0.3) is 16.8 Å². The Morgan fingerprint density at radius 3 is 2.65 bits per heavy atom. The molecule has 0 aromatic heterocycles. The summed E-state index contributed by atoms with van der Waals surface area (Å²) < 4.78 is 10.9. The summed E-state index contributed by atoms with van der Waals surface area (Å²) in [6, 6.07) is 10.0. The Morgan fingerprint density at radius 2 is 1.83 bits per heavy atom. The van der Waals surface area contributed by atoms with Crippen molar-refractivity contribution in [2.24, 2.45) is 0 Å². The lowest BCUT2D eigenvalue weighted by Crippen LogP contribution is -2.34. The van der Waals surface area contributed by atoms with E-state index in [2.05, 4.69) is 0 Å². The molecular weight excluding hydrogens is 290 g/mol. The van der Waals surface area contributed by atoms with Gasteiger partial charge in [-0.15, -0.1) is 0 Å². The van der Waals surface area contributed by atoms with Crippen LogP contribution in [0.15, 0.2) is 36.4 Å². The molecule has 1 amide bonds. The molecule has 4 rings (SSSR count). The van der Waals surface area contributed by atoms with Crippen LogP contribution in [0.5, 0.6) is 11.5 Å². The molecule has 0 unspecified atom stereocenters. The highest BCUT2D eigenvalue weighted by Crippen LogP contribution is 2.37. The molecule has 0 bridgehead atoms. The average molecular weight is 309 g/mol. The van der Waals surface area contributed by atoms with Crippen LogP contribution in [0.2, 0.25) is 0 Å². The first-order valence-corrected chi connectivity index (χ1v) is 8.11. The van der Waals surface area contributed by atoms with Crippen LogP contribution in [0, 0.1) is 0 Å². The smallest absolute Gasteiger partial charge is 0.246 e. The van der Waals surface area contributed by atoms with E-state index in [1.54, 1.807) is 6.08 Å². The minimum Gasteiger partial charge on any atom is -0.454 e. The minimum atomic E-state index is 0.0995. The van der Waals surface area contributed by atoms with Gasteiger partial charge in [-0.3, -0.25) is 4.79 Å². The molecule has 1 fully saturated rings. The summed E-state index contributed by atoms with van der Waals surface area (Å²) in [6.45, 7) is 2.01. The van der Waals surface area contributed by atoms with Crippen molar-refractivity contribution in [1.29, 1.82) is 0 Å². The van der Waals surface area contributed by atoms with Gasteiger partial charge in [0, 0.05) is 19.2 Å². The third kappa shape index (κ3) is 2.77. The standard InChI is InChI=1S/C19H19NO3/c21-19(20-9-2-1-3-10-20)8-7-14-5-4-6-15-11-17-18(12-16(14)15)23-13-22-17/h4-8,11-12H,1-3,9-10,13H2/b8-7+. The Bertz CT molecular complexity index is 776. The van der Waals surface area contributed by atoms with E-state index in [9.17, 15) is 4.79 Å². The lowest BCUT2D eigenvalue weighted by atomic mass is 10.0. The third-order valence-electron chi connectivity index (χ3n) is 4.48. The predicted octanol–water partition coefficient (Wildman–Crippen LogP) is 3.59. The first-order valence-electron chi connectivity index (χ1n) is 8.11. The van der Waals surface area contributed by atoms with E-state index in [1.165, 1.54) is 6.42 Å². The number of amides is 1. The highest BCUT2D eigenvalue weighted by molar-refractivity contribution is 5.97. The fraction of sp³-hybridized carbons (Fsp3) is 0.316. The molecule has 2 aromatic rings. The molecule has 4 nitrogen and oxygen atoms in total. The van der Waals surface area contributed by atoms with Gasteiger partial charge in [0.2, 0.25) is 12.7 Å². The number of ether oxygens (including phenoxy) is 2. The first kappa shape index (κ1) is 14.1. The number of rotatable bonds is 2. The number of carbonyl (C=O) groups excluding carboxylic acids is 1. The van der Waals surface area contributed by atoms with E-state index in [1.807, 2.05) is 41.3 Å². The van der Waals surface area contributed by atoms with Crippen LogP contribution in [-0.4, -0.2) is 30.7 Å². The number of piperidine rings is 1. The summed E-state index contributed by atoms with van der Waals surface area (Å²) in [6.07, 6.45) is 7.03. The van der Waals surface area contributed by atoms with E-state index >= 15 is 0 Å². The zero-order valence-corrected chi connectivity index (χ0v) is 13.0. The molecule has 0 spiro atoms. The van der Waals surface area contributed by atoms with Crippen molar-refractivity contribution in [3.05, 3.63) is 42.0 Å². The number of benzene rings is 2. The predicted molar refractivity (Wildman–Crippen MR) is 89.5 cm³/mol. The molecule has 2 aromatic carbocycles. The van der Waals surface area contributed by atoms with E-state index in [-0.39, 0.29) is 12.7 Å².